The van der Waals surface area contributed by atoms with Crippen molar-refractivity contribution >= 4 is 21.6 Å². The number of hydrogen-bond donors (Lipinski definition) is 2. The van der Waals surface area contributed by atoms with Gasteiger partial charge in [-0.1, -0.05) is 6.07 Å². The van der Waals surface area contributed by atoms with Gasteiger partial charge >= 0.3 is 0 Å². The average Bonchev–Trinajstić information content (AvgIpc) is 2.18. The number of hydrogen-bond acceptors (Lipinski definition) is 3. The van der Waals surface area contributed by atoms with Crippen LogP contribution in [0.5, 0.6) is 0 Å². The van der Waals surface area contributed by atoms with Gasteiger partial charge in [0.1, 0.15) is 0 Å². The molecule has 0 saturated heterocycles. The highest BCUT2D eigenvalue weighted by Crippen LogP contribution is 2.19. The number of rotatable bonds is 4. The van der Waals surface area contributed by atoms with Crippen LogP contribution in [0.2, 0.25) is 0 Å². The van der Waals surface area contributed by atoms with Gasteiger partial charge in [-0.25, -0.2) is 8.42 Å². The quantitative estimate of drug-likeness (QED) is 0.870. The van der Waals surface area contributed by atoms with E-state index in [0.29, 0.717) is 16.8 Å². The number of anilines is 1. The van der Waals surface area contributed by atoms with Gasteiger partial charge in [0.25, 0.3) is 5.91 Å². The SMILES string of the molecule is Cc1c(NS(C)(=O)=O)cccc1C(=O)NC(C)C. The fraction of sp³-hybridized carbons (Fsp3) is 0.417. The van der Waals surface area contributed by atoms with Crippen LogP contribution < -0.4 is 10.0 Å². The standard InChI is InChI=1S/C12H18N2O3S/c1-8(2)13-12(15)10-6-5-7-11(9(10)3)14-18(4,16)17/h5-8,14H,1-4H3,(H,13,15). The summed E-state index contributed by atoms with van der Waals surface area (Å²) in [6.07, 6.45) is 1.08. The Labute approximate surface area is 108 Å². The summed E-state index contributed by atoms with van der Waals surface area (Å²) < 4.78 is 24.8. The zero-order chi connectivity index (χ0) is 13.9. The second kappa shape index (κ2) is 5.39. The van der Waals surface area contributed by atoms with Crippen LogP contribution in [0.3, 0.4) is 0 Å². The molecule has 0 aliphatic carbocycles. The van der Waals surface area contributed by atoms with Crippen molar-refractivity contribution in [2.24, 2.45) is 0 Å². The molecule has 5 nitrogen and oxygen atoms in total. The van der Waals surface area contributed by atoms with Crippen molar-refractivity contribution in [3.05, 3.63) is 29.3 Å². The summed E-state index contributed by atoms with van der Waals surface area (Å²) in [5.41, 5.74) is 1.51. The van der Waals surface area contributed by atoms with E-state index in [1.807, 2.05) is 13.8 Å². The zero-order valence-electron chi connectivity index (χ0n) is 10.9. The Morgan fingerprint density at radius 2 is 1.89 bits per heavy atom. The van der Waals surface area contributed by atoms with Gasteiger partial charge in [0.05, 0.1) is 11.9 Å². The molecule has 0 aliphatic rings. The Balaban J connectivity index is 3.09. The maximum absolute atomic E-state index is 11.9. The number of amides is 1. The van der Waals surface area contributed by atoms with Gasteiger partial charge in [0.2, 0.25) is 10.0 Å². The molecule has 6 heteroatoms. The Bertz CT molecular complexity index is 550. The highest BCUT2D eigenvalue weighted by Gasteiger charge is 2.13. The van der Waals surface area contributed by atoms with Crippen LogP contribution in [0.15, 0.2) is 18.2 Å². The van der Waals surface area contributed by atoms with Crippen molar-refractivity contribution in [2.75, 3.05) is 11.0 Å². The normalized spacial score (nSPS) is 11.4. The molecule has 0 bridgehead atoms. The van der Waals surface area contributed by atoms with E-state index in [9.17, 15) is 13.2 Å². The van der Waals surface area contributed by atoms with Crippen LogP contribution >= 0.6 is 0 Å². The Hall–Kier alpha value is -1.56. The maximum Gasteiger partial charge on any atom is 0.251 e. The van der Waals surface area contributed by atoms with Crippen LogP contribution in [0.1, 0.15) is 29.8 Å². The van der Waals surface area contributed by atoms with E-state index in [1.165, 1.54) is 0 Å². The number of sulfonamides is 1. The predicted octanol–water partition coefficient (Wildman–Crippen LogP) is 1.50. The monoisotopic (exact) mass is 270 g/mol. The average molecular weight is 270 g/mol. The molecular weight excluding hydrogens is 252 g/mol. The van der Waals surface area contributed by atoms with Crippen molar-refractivity contribution in [1.82, 2.24) is 5.32 Å². The van der Waals surface area contributed by atoms with E-state index in [2.05, 4.69) is 10.0 Å². The Morgan fingerprint density at radius 1 is 1.28 bits per heavy atom. The van der Waals surface area contributed by atoms with Crippen molar-refractivity contribution < 1.29 is 13.2 Å². The third kappa shape index (κ3) is 4.03. The molecule has 0 spiro atoms. The lowest BCUT2D eigenvalue weighted by Gasteiger charge is -2.13. The highest BCUT2D eigenvalue weighted by molar-refractivity contribution is 7.92. The lowest BCUT2D eigenvalue weighted by atomic mass is 10.1. The number of carbonyl (C=O) groups is 1. The van der Waals surface area contributed by atoms with Crippen molar-refractivity contribution in [3.8, 4) is 0 Å². The molecule has 0 unspecified atom stereocenters. The third-order valence-electron chi connectivity index (χ3n) is 2.29. The molecule has 18 heavy (non-hydrogen) atoms. The lowest BCUT2D eigenvalue weighted by molar-refractivity contribution is 0.0942. The van der Waals surface area contributed by atoms with Crippen LogP contribution in [0.4, 0.5) is 5.69 Å². The van der Waals surface area contributed by atoms with Crippen LogP contribution in [0, 0.1) is 6.92 Å². The molecule has 100 valence electrons. The summed E-state index contributed by atoms with van der Waals surface area (Å²) in [6.45, 7) is 5.44. The van der Waals surface area contributed by atoms with Gasteiger partial charge in [-0.05, 0) is 38.5 Å². The first kappa shape index (κ1) is 14.5. The highest BCUT2D eigenvalue weighted by atomic mass is 32.2. The Morgan fingerprint density at radius 3 is 2.39 bits per heavy atom. The molecule has 1 rings (SSSR count). The molecule has 1 aromatic rings. The fourth-order valence-electron chi connectivity index (χ4n) is 1.53. The van der Waals surface area contributed by atoms with E-state index < -0.39 is 10.0 Å². The molecule has 0 radical (unpaired) electrons. The maximum atomic E-state index is 11.9. The summed E-state index contributed by atoms with van der Waals surface area (Å²) >= 11 is 0. The number of carbonyl (C=O) groups excluding carboxylic acids is 1. The number of nitrogens with one attached hydrogen (secondary N) is 2. The predicted molar refractivity (Wildman–Crippen MR) is 72.2 cm³/mol. The molecule has 0 saturated carbocycles. The van der Waals surface area contributed by atoms with E-state index in [-0.39, 0.29) is 11.9 Å². The largest absolute Gasteiger partial charge is 0.350 e. The summed E-state index contributed by atoms with van der Waals surface area (Å²) in [7, 11) is -3.35. The van der Waals surface area contributed by atoms with Gasteiger partial charge in [-0.3, -0.25) is 9.52 Å². The molecule has 1 aromatic carbocycles. The molecule has 0 aliphatic heterocycles. The van der Waals surface area contributed by atoms with Gasteiger partial charge in [-0.15, -0.1) is 0 Å². The fourth-order valence-corrected chi connectivity index (χ4v) is 2.15. The topological polar surface area (TPSA) is 75.3 Å². The second-order valence-electron chi connectivity index (χ2n) is 4.48. The van der Waals surface area contributed by atoms with Crippen molar-refractivity contribution in [3.63, 3.8) is 0 Å². The first-order valence-electron chi connectivity index (χ1n) is 5.59. The van der Waals surface area contributed by atoms with Crippen molar-refractivity contribution in [2.45, 2.75) is 26.8 Å². The minimum absolute atomic E-state index is 0.0309. The van der Waals surface area contributed by atoms with Crippen molar-refractivity contribution in [1.29, 1.82) is 0 Å². The number of benzene rings is 1. The Kier molecular flexibility index (Phi) is 4.34. The van der Waals surface area contributed by atoms with Gasteiger partial charge in [0, 0.05) is 11.6 Å². The summed E-state index contributed by atoms with van der Waals surface area (Å²) in [5.74, 6) is -0.209. The zero-order valence-corrected chi connectivity index (χ0v) is 11.8. The van der Waals surface area contributed by atoms with Crippen LogP contribution in [-0.4, -0.2) is 26.6 Å². The molecule has 0 heterocycles. The van der Waals surface area contributed by atoms with Crippen LogP contribution in [0.25, 0.3) is 0 Å². The molecule has 0 fully saturated rings. The smallest absolute Gasteiger partial charge is 0.251 e. The summed E-state index contributed by atoms with van der Waals surface area (Å²) in [5, 5.41) is 2.77. The second-order valence-corrected chi connectivity index (χ2v) is 6.23. The molecular formula is C12H18N2O3S. The molecule has 0 aromatic heterocycles. The minimum Gasteiger partial charge on any atom is -0.350 e. The molecule has 1 amide bonds. The third-order valence-corrected chi connectivity index (χ3v) is 2.88. The minimum atomic E-state index is -3.35. The van der Waals surface area contributed by atoms with E-state index >= 15 is 0 Å². The lowest BCUT2D eigenvalue weighted by Crippen LogP contribution is -2.30. The van der Waals surface area contributed by atoms with Gasteiger partial charge in [-0.2, -0.15) is 0 Å². The van der Waals surface area contributed by atoms with E-state index in [0.717, 1.165) is 6.26 Å². The molecule has 2 N–H and O–H groups in total. The van der Waals surface area contributed by atoms with E-state index in [1.54, 1.807) is 25.1 Å². The summed E-state index contributed by atoms with van der Waals surface area (Å²) in [6, 6.07) is 4.97. The van der Waals surface area contributed by atoms with Gasteiger partial charge in [0.15, 0.2) is 0 Å². The van der Waals surface area contributed by atoms with Gasteiger partial charge < -0.3 is 5.32 Å². The molecule has 0 atom stereocenters. The first-order valence-corrected chi connectivity index (χ1v) is 7.48. The van der Waals surface area contributed by atoms with Crippen LogP contribution in [-0.2, 0) is 10.0 Å². The first-order chi connectivity index (χ1) is 8.20. The summed E-state index contributed by atoms with van der Waals surface area (Å²) in [4.78, 5) is 11.9. The van der Waals surface area contributed by atoms with E-state index in [4.69, 9.17) is 0 Å².